The summed E-state index contributed by atoms with van der Waals surface area (Å²) in [6.07, 6.45) is 1.82. The molecule has 1 heterocycles. The molecule has 2 rings (SSSR count). The van der Waals surface area contributed by atoms with Gasteiger partial charge in [0.15, 0.2) is 5.78 Å². The van der Waals surface area contributed by atoms with Crippen molar-refractivity contribution in [2.45, 2.75) is 13.0 Å². The number of nitrogens with zero attached hydrogens (tertiary/aromatic N) is 1. The van der Waals surface area contributed by atoms with Gasteiger partial charge in [-0.1, -0.05) is 0 Å². The van der Waals surface area contributed by atoms with Crippen LogP contribution in [-0.2, 0) is 7.05 Å². The van der Waals surface area contributed by atoms with E-state index in [2.05, 4.69) is 0 Å². The lowest BCUT2D eigenvalue weighted by Crippen LogP contribution is -2.27. The highest BCUT2D eigenvalue weighted by Crippen LogP contribution is 2.20. The molecule has 2 aromatic rings. The summed E-state index contributed by atoms with van der Waals surface area (Å²) < 4.78 is 15.5. The van der Waals surface area contributed by atoms with Crippen molar-refractivity contribution in [2.75, 3.05) is 0 Å². The molecule has 1 aromatic carbocycles. The number of hydrogen-bond donors (Lipinski definition) is 1. The zero-order chi connectivity index (χ0) is 11.9. The number of aryl methyl sites for hydroxylation is 1. The van der Waals surface area contributed by atoms with Crippen LogP contribution in [0.1, 0.15) is 17.3 Å². The molecule has 0 aliphatic carbocycles. The lowest BCUT2D eigenvalue weighted by Gasteiger charge is -2.06. The Kier molecular flexibility index (Phi) is 2.52. The molecule has 84 valence electrons. The molecule has 16 heavy (non-hydrogen) atoms. The zero-order valence-corrected chi connectivity index (χ0v) is 9.20. The van der Waals surface area contributed by atoms with Gasteiger partial charge in [-0.2, -0.15) is 0 Å². The minimum absolute atomic E-state index is 0.0595. The van der Waals surface area contributed by atoms with E-state index in [1.807, 2.05) is 17.8 Å². The van der Waals surface area contributed by atoms with Crippen LogP contribution >= 0.6 is 0 Å². The highest BCUT2D eigenvalue weighted by Gasteiger charge is 2.17. The molecule has 1 unspecified atom stereocenters. The second-order valence-electron chi connectivity index (χ2n) is 3.97. The average Bonchev–Trinajstić information content (AvgIpc) is 2.57. The van der Waals surface area contributed by atoms with Gasteiger partial charge in [-0.15, -0.1) is 0 Å². The second-order valence-corrected chi connectivity index (χ2v) is 3.97. The van der Waals surface area contributed by atoms with Gasteiger partial charge in [-0.3, -0.25) is 4.79 Å². The Bertz CT molecular complexity index is 557. The number of carbonyl (C=O) groups excluding carboxylic acids is 1. The molecule has 0 radical (unpaired) electrons. The summed E-state index contributed by atoms with van der Waals surface area (Å²) in [5, 5.41) is 0.779. The molecule has 0 aliphatic heterocycles. The van der Waals surface area contributed by atoms with Gasteiger partial charge in [0.1, 0.15) is 5.82 Å². The van der Waals surface area contributed by atoms with Crippen molar-refractivity contribution in [1.29, 1.82) is 0 Å². The van der Waals surface area contributed by atoms with Crippen LogP contribution in [0.5, 0.6) is 0 Å². The summed E-state index contributed by atoms with van der Waals surface area (Å²) in [5.41, 5.74) is 6.36. The van der Waals surface area contributed by atoms with E-state index in [4.69, 9.17) is 5.73 Å². The first-order valence-corrected chi connectivity index (χ1v) is 5.05. The van der Waals surface area contributed by atoms with Crippen molar-refractivity contribution >= 4 is 16.7 Å². The zero-order valence-electron chi connectivity index (χ0n) is 9.20. The van der Waals surface area contributed by atoms with Crippen molar-refractivity contribution in [1.82, 2.24) is 4.57 Å². The average molecular weight is 220 g/mol. The van der Waals surface area contributed by atoms with Crippen LogP contribution in [0.4, 0.5) is 4.39 Å². The minimum Gasteiger partial charge on any atom is -0.351 e. The first kappa shape index (κ1) is 10.8. The predicted octanol–water partition coefficient (Wildman–Crippen LogP) is 1.85. The third kappa shape index (κ3) is 1.61. The van der Waals surface area contributed by atoms with Gasteiger partial charge in [-0.05, 0) is 25.1 Å². The lowest BCUT2D eigenvalue weighted by molar-refractivity contribution is 0.0964. The van der Waals surface area contributed by atoms with E-state index in [0.717, 1.165) is 10.9 Å². The topological polar surface area (TPSA) is 48.0 Å². The summed E-state index contributed by atoms with van der Waals surface area (Å²) in [6, 6.07) is 4.03. The summed E-state index contributed by atoms with van der Waals surface area (Å²) in [6.45, 7) is 1.55. The maximum absolute atomic E-state index is 13.7. The highest BCUT2D eigenvalue weighted by molar-refractivity contribution is 6.02. The number of benzene rings is 1. The summed E-state index contributed by atoms with van der Waals surface area (Å²) in [7, 11) is 1.85. The number of fused-ring (bicyclic) bond motifs is 1. The quantitative estimate of drug-likeness (QED) is 0.785. The van der Waals surface area contributed by atoms with E-state index in [1.54, 1.807) is 19.1 Å². The van der Waals surface area contributed by atoms with Gasteiger partial charge in [0.2, 0.25) is 0 Å². The molecule has 1 aromatic heterocycles. The number of carbonyl (C=O) groups is 1. The third-order valence-electron chi connectivity index (χ3n) is 2.65. The van der Waals surface area contributed by atoms with E-state index in [0.29, 0.717) is 0 Å². The SMILES string of the molecule is CC(N)C(=O)c1cc2c(ccn2C)cc1F. The Hall–Kier alpha value is -1.68. The van der Waals surface area contributed by atoms with Gasteiger partial charge in [-0.25, -0.2) is 4.39 Å². The number of ketones is 1. The fourth-order valence-electron chi connectivity index (χ4n) is 1.72. The maximum Gasteiger partial charge on any atom is 0.182 e. The van der Waals surface area contributed by atoms with Crippen LogP contribution in [0, 0.1) is 5.82 Å². The molecule has 4 heteroatoms. The third-order valence-corrected chi connectivity index (χ3v) is 2.65. The monoisotopic (exact) mass is 220 g/mol. The van der Waals surface area contributed by atoms with Crippen LogP contribution in [0.3, 0.4) is 0 Å². The first-order chi connectivity index (χ1) is 7.50. The molecule has 0 saturated heterocycles. The van der Waals surface area contributed by atoms with E-state index < -0.39 is 11.9 Å². The fraction of sp³-hybridized carbons (Fsp3) is 0.250. The molecular formula is C12H13FN2O. The fourth-order valence-corrected chi connectivity index (χ4v) is 1.72. The van der Waals surface area contributed by atoms with Crippen molar-refractivity contribution < 1.29 is 9.18 Å². The molecule has 0 bridgehead atoms. The number of hydrogen-bond acceptors (Lipinski definition) is 2. The summed E-state index contributed by atoms with van der Waals surface area (Å²) >= 11 is 0. The summed E-state index contributed by atoms with van der Waals surface area (Å²) in [4.78, 5) is 11.7. The second kappa shape index (κ2) is 3.72. The Morgan fingerprint density at radius 2 is 2.19 bits per heavy atom. The molecule has 3 nitrogen and oxygen atoms in total. The standard InChI is InChI=1S/C12H13FN2O/c1-7(14)12(16)9-6-11-8(5-10(9)13)3-4-15(11)2/h3-7H,14H2,1-2H3. The van der Waals surface area contributed by atoms with Gasteiger partial charge in [0, 0.05) is 24.1 Å². The molecule has 0 fully saturated rings. The van der Waals surface area contributed by atoms with Crippen molar-refractivity contribution in [3.63, 3.8) is 0 Å². The molecule has 1 atom stereocenters. The molecule has 0 spiro atoms. The maximum atomic E-state index is 13.7. The van der Waals surface area contributed by atoms with Crippen molar-refractivity contribution in [3.05, 3.63) is 35.8 Å². The largest absolute Gasteiger partial charge is 0.351 e. The van der Waals surface area contributed by atoms with Crippen LogP contribution in [-0.4, -0.2) is 16.4 Å². The van der Waals surface area contributed by atoms with E-state index in [9.17, 15) is 9.18 Å². The van der Waals surface area contributed by atoms with Crippen LogP contribution in [0.2, 0.25) is 0 Å². The van der Waals surface area contributed by atoms with Gasteiger partial charge >= 0.3 is 0 Å². The van der Waals surface area contributed by atoms with Crippen LogP contribution in [0.15, 0.2) is 24.4 Å². The van der Waals surface area contributed by atoms with E-state index in [-0.39, 0.29) is 11.3 Å². The number of rotatable bonds is 2. The molecule has 0 aliphatic rings. The predicted molar refractivity (Wildman–Crippen MR) is 60.9 cm³/mol. The van der Waals surface area contributed by atoms with Crippen molar-refractivity contribution in [3.8, 4) is 0 Å². The van der Waals surface area contributed by atoms with Gasteiger partial charge in [0.25, 0.3) is 0 Å². The molecule has 2 N–H and O–H groups in total. The molecule has 0 saturated carbocycles. The summed E-state index contributed by atoms with van der Waals surface area (Å²) in [5.74, 6) is -0.887. The van der Waals surface area contributed by atoms with Crippen LogP contribution in [0.25, 0.3) is 10.9 Å². The van der Waals surface area contributed by atoms with Crippen LogP contribution < -0.4 is 5.73 Å². The number of aromatic nitrogens is 1. The van der Waals surface area contributed by atoms with E-state index in [1.165, 1.54) is 6.07 Å². The smallest absolute Gasteiger partial charge is 0.182 e. The van der Waals surface area contributed by atoms with Gasteiger partial charge in [0.05, 0.1) is 11.6 Å². The highest BCUT2D eigenvalue weighted by atomic mass is 19.1. The molecular weight excluding hydrogens is 207 g/mol. The number of halogens is 1. The Labute approximate surface area is 92.7 Å². The number of Topliss-reactive ketones (excluding diaryl/α,β-unsaturated/α-hetero) is 1. The van der Waals surface area contributed by atoms with Crippen molar-refractivity contribution in [2.24, 2.45) is 12.8 Å². The normalized spacial score (nSPS) is 13.0. The Balaban J connectivity index is 2.65. The first-order valence-electron chi connectivity index (χ1n) is 5.05. The van der Waals surface area contributed by atoms with E-state index >= 15 is 0 Å². The van der Waals surface area contributed by atoms with Gasteiger partial charge < -0.3 is 10.3 Å². The minimum atomic E-state index is -0.688. The lowest BCUT2D eigenvalue weighted by atomic mass is 10.0. The Morgan fingerprint density at radius 3 is 2.81 bits per heavy atom. The molecule has 0 amide bonds. The number of nitrogens with two attached hydrogens (primary N) is 1. The Morgan fingerprint density at radius 1 is 1.50 bits per heavy atom.